The van der Waals surface area contributed by atoms with E-state index in [1.165, 1.54) is 14.2 Å². The van der Waals surface area contributed by atoms with Crippen LogP contribution in [-0.2, 0) is 14.3 Å². The SMILES string of the molecule is COc1ccc(/C=C2/SC(=O)N(CC(=O)Nc3ccccc3N3CCOCC3)C2=O)cc1OC. The Morgan fingerprint density at radius 3 is 2.56 bits per heavy atom. The van der Waals surface area contributed by atoms with E-state index in [1.54, 1.807) is 30.3 Å². The van der Waals surface area contributed by atoms with Crippen LogP contribution in [0, 0.1) is 0 Å². The Labute approximate surface area is 201 Å². The van der Waals surface area contributed by atoms with Crippen LogP contribution in [0.4, 0.5) is 16.2 Å². The minimum atomic E-state index is -0.513. The van der Waals surface area contributed by atoms with Crippen LogP contribution in [0.15, 0.2) is 47.4 Å². The number of hydrogen-bond acceptors (Lipinski definition) is 8. The lowest BCUT2D eigenvalue weighted by atomic mass is 10.2. The van der Waals surface area contributed by atoms with Crippen molar-refractivity contribution in [3.8, 4) is 11.5 Å². The summed E-state index contributed by atoms with van der Waals surface area (Å²) in [5.74, 6) is 0.104. The van der Waals surface area contributed by atoms with Gasteiger partial charge in [-0.2, -0.15) is 0 Å². The highest BCUT2D eigenvalue weighted by Crippen LogP contribution is 2.34. The molecule has 0 radical (unpaired) electrons. The molecule has 2 saturated heterocycles. The summed E-state index contributed by atoms with van der Waals surface area (Å²) in [5, 5.41) is 2.35. The maximum atomic E-state index is 12.9. The molecule has 2 aromatic carbocycles. The summed E-state index contributed by atoms with van der Waals surface area (Å²) in [5.41, 5.74) is 2.18. The van der Waals surface area contributed by atoms with E-state index in [0.29, 0.717) is 36.0 Å². The average molecular weight is 484 g/mol. The molecule has 0 aliphatic carbocycles. The summed E-state index contributed by atoms with van der Waals surface area (Å²) in [6, 6.07) is 12.6. The molecule has 0 unspecified atom stereocenters. The van der Waals surface area contributed by atoms with Gasteiger partial charge >= 0.3 is 0 Å². The molecule has 178 valence electrons. The third kappa shape index (κ3) is 5.18. The summed E-state index contributed by atoms with van der Waals surface area (Å²) >= 11 is 0.799. The van der Waals surface area contributed by atoms with Gasteiger partial charge in [-0.05, 0) is 47.7 Å². The first-order valence-corrected chi connectivity index (χ1v) is 11.5. The molecule has 0 atom stereocenters. The van der Waals surface area contributed by atoms with E-state index in [0.717, 1.165) is 35.4 Å². The first-order valence-electron chi connectivity index (χ1n) is 10.7. The fraction of sp³-hybridized carbons (Fsp3) is 0.292. The number of nitrogens with one attached hydrogen (secondary N) is 1. The van der Waals surface area contributed by atoms with Crippen molar-refractivity contribution < 1.29 is 28.6 Å². The number of thioether (sulfide) groups is 1. The molecule has 2 aliphatic heterocycles. The van der Waals surface area contributed by atoms with Crippen molar-refractivity contribution in [3.63, 3.8) is 0 Å². The first-order chi connectivity index (χ1) is 16.5. The zero-order valence-electron chi connectivity index (χ0n) is 18.9. The van der Waals surface area contributed by atoms with Crippen LogP contribution in [0.5, 0.6) is 11.5 Å². The van der Waals surface area contributed by atoms with Crippen LogP contribution >= 0.6 is 11.8 Å². The molecule has 2 heterocycles. The number of methoxy groups -OCH3 is 2. The van der Waals surface area contributed by atoms with Gasteiger partial charge in [-0.1, -0.05) is 18.2 Å². The molecule has 0 aromatic heterocycles. The number of imide groups is 1. The van der Waals surface area contributed by atoms with Gasteiger partial charge in [0.15, 0.2) is 11.5 Å². The van der Waals surface area contributed by atoms with Gasteiger partial charge in [0.1, 0.15) is 6.54 Å². The summed E-state index contributed by atoms with van der Waals surface area (Å²) in [7, 11) is 3.05. The second-order valence-corrected chi connectivity index (χ2v) is 8.54. The van der Waals surface area contributed by atoms with Crippen LogP contribution in [-0.4, -0.2) is 69.0 Å². The van der Waals surface area contributed by atoms with E-state index in [4.69, 9.17) is 14.2 Å². The monoisotopic (exact) mass is 483 g/mol. The predicted molar refractivity (Wildman–Crippen MR) is 130 cm³/mol. The quantitative estimate of drug-likeness (QED) is 0.600. The lowest BCUT2D eigenvalue weighted by Crippen LogP contribution is -2.38. The highest BCUT2D eigenvalue weighted by atomic mass is 32.2. The summed E-state index contributed by atoms with van der Waals surface area (Å²) < 4.78 is 15.9. The minimum absolute atomic E-state index is 0.235. The summed E-state index contributed by atoms with van der Waals surface area (Å²) in [4.78, 5) is 41.4. The molecule has 2 aromatic rings. The molecule has 10 heteroatoms. The van der Waals surface area contributed by atoms with Gasteiger partial charge in [0.2, 0.25) is 5.91 Å². The molecule has 4 rings (SSSR count). The number of rotatable bonds is 7. The summed E-state index contributed by atoms with van der Waals surface area (Å²) in [6.07, 6.45) is 1.60. The number of nitrogens with zero attached hydrogens (tertiary/aromatic N) is 2. The number of hydrogen-bond donors (Lipinski definition) is 1. The fourth-order valence-electron chi connectivity index (χ4n) is 3.72. The van der Waals surface area contributed by atoms with Gasteiger partial charge in [0, 0.05) is 13.1 Å². The smallest absolute Gasteiger partial charge is 0.294 e. The van der Waals surface area contributed by atoms with Gasteiger partial charge in [-0.3, -0.25) is 19.3 Å². The Bertz CT molecular complexity index is 1130. The number of anilines is 2. The Kier molecular flexibility index (Phi) is 7.39. The zero-order valence-corrected chi connectivity index (χ0v) is 19.7. The molecule has 0 bridgehead atoms. The lowest BCUT2D eigenvalue weighted by Gasteiger charge is -2.30. The van der Waals surface area contributed by atoms with Crippen LogP contribution in [0.1, 0.15) is 5.56 Å². The van der Waals surface area contributed by atoms with Crippen molar-refractivity contribution in [1.82, 2.24) is 4.90 Å². The van der Waals surface area contributed by atoms with Crippen molar-refractivity contribution in [2.75, 3.05) is 57.3 Å². The Morgan fingerprint density at radius 2 is 1.82 bits per heavy atom. The average Bonchev–Trinajstić information content (AvgIpc) is 3.12. The van der Waals surface area contributed by atoms with E-state index in [2.05, 4.69) is 10.2 Å². The first kappa shape index (κ1) is 23.7. The maximum absolute atomic E-state index is 12.9. The minimum Gasteiger partial charge on any atom is -0.493 e. The number of morpholine rings is 1. The molecule has 0 spiro atoms. The van der Waals surface area contributed by atoms with Crippen molar-refractivity contribution in [1.29, 1.82) is 0 Å². The number of amides is 3. The van der Waals surface area contributed by atoms with Crippen molar-refractivity contribution >= 4 is 46.3 Å². The van der Waals surface area contributed by atoms with E-state index < -0.39 is 17.1 Å². The van der Waals surface area contributed by atoms with Gasteiger partial charge in [-0.25, -0.2) is 0 Å². The highest BCUT2D eigenvalue weighted by Gasteiger charge is 2.36. The Hall–Kier alpha value is -3.50. The topological polar surface area (TPSA) is 97.4 Å². The second kappa shape index (κ2) is 10.6. The van der Waals surface area contributed by atoms with Gasteiger partial charge in [0.25, 0.3) is 11.1 Å². The Balaban J connectivity index is 1.45. The fourth-order valence-corrected chi connectivity index (χ4v) is 4.56. The number of benzene rings is 2. The van der Waals surface area contributed by atoms with Crippen molar-refractivity contribution in [2.45, 2.75) is 0 Å². The molecule has 3 amide bonds. The van der Waals surface area contributed by atoms with Crippen LogP contribution < -0.4 is 19.7 Å². The molecule has 2 aliphatic rings. The molecular formula is C24H25N3O6S. The third-order valence-electron chi connectivity index (χ3n) is 5.41. The van der Waals surface area contributed by atoms with E-state index in [-0.39, 0.29) is 11.4 Å². The standard InChI is InChI=1S/C24H25N3O6S/c1-31-19-8-7-16(13-20(19)32-2)14-21-23(29)27(24(30)34-21)15-22(28)25-17-5-3-4-6-18(17)26-9-11-33-12-10-26/h3-8,13-14H,9-12,15H2,1-2H3,(H,25,28)/b21-14+. The summed E-state index contributed by atoms with van der Waals surface area (Å²) in [6.45, 7) is 2.30. The van der Waals surface area contributed by atoms with Crippen molar-refractivity contribution in [3.05, 3.63) is 52.9 Å². The molecular weight excluding hydrogens is 458 g/mol. The number of carbonyl (C=O) groups is 3. The van der Waals surface area contributed by atoms with Crippen molar-refractivity contribution in [2.24, 2.45) is 0 Å². The molecule has 9 nitrogen and oxygen atoms in total. The number of para-hydroxylation sites is 2. The highest BCUT2D eigenvalue weighted by molar-refractivity contribution is 8.18. The molecule has 34 heavy (non-hydrogen) atoms. The largest absolute Gasteiger partial charge is 0.493 e. The normalized spacial score (nSPS) is 17.3. The maximum Gasteiger partial charge on any atom is 0.294 e. The van der Waals surface area contributed by atoms with Gasteiger partial charge in [0.05, 0.1) is 43.7 Å². The predicted octanol–water partition coefficient (Wildman–Crippen LogP) is 3.22. The number of carbonyl (C=O) groups excluding carboxylic acids is 3. The van der Waals surface area contributed by atoms with Crippen LogP contribution in [0.25, 0.3) is 6.08 Å². The van der Waals surface area contributed by atoms with Crippen LogP contribution in [0.2, 0.25) is 0 Å². The van der Waals surface area contributed by atoms with Gasteiger partial charge < -0.3 is 24.4 Å². The molecule has 0 saturated carbocycles. The van der Waals surface area contributed by atoms with E-state index in [9.17, 15) is 14.4 Å². The molecule has 1 N–H and O–H groups in total. The molecule has 2 fully saturated rings. The lowest BCUT2D eigenvalue weighted by molar-refractivity contribution is -0.127. The van der Waals surface area contributed by atoms with E-state index >= 15 is 0 Å². The zero-order chi connectivity index (χ0) is 24.1. The Morgan fingerprint density at radius 1 is 1.09 bits per heavy atom. The van der Waals surface area contributed by atoms with Gasteiger partial charge in [-0.15, -0.1) is 0 Å². The van der Waals surface area contributed by atoms with Crippen LogP contribution in [0.3, 0.4) is 0 Å². The van der Waals surface area contributed by atoms with E-state index in [1.807, 2.05) is 18.2 Å². The third-order valence-corrected chi connectivity index (χ3v) is 6.32. The number of ether oxygens (including phenoxy) is 3. The second-order valence-electron chi connectivity index (χ2n) is 7.55.